The van der Waals surface area contributed by atoms with E-state index in [0.717, 1.165) is 52.6 Å². The number of nitrogens with zero attached hydrogens (tertiary/aromatic N) is 2. The van der Waals surface area contributed by atoms with Crippen molar-refractivity contribution in [2.45, 2.75) is 44.4 Å². The summed E-state index contributed by atoms with van der Waals surface area (Å²) in [5.41, 5.74) is 3.42. The molecule has 0 aliphatic heterocycles. The summed E-state index contributed by atoms with van der Waals surface area (Å²) in [6.07, 6.45) is -1.71. The van der Waals surface area contributed by atoms with E-state index in [9.17, 15) is 22.8 Å². The third kappa shape index (κ3) is 4.50. The molecule has 164 valence electrons. The van der Waals surface area contributed by atoms with Gasteiger partial charge in [0.1, 0.15) is 11.4 Å². The number of aromatic nitrogens is 2. The lowest BCUT2D eigenvalue weighted by atomic mass is 10.1. The van der Waals surface area contributed by atoms with Gasteiger partial charge >= 0.3 is 6.18 Å². The van der Waals surface area contributed by atoms with Crippen LogP contribution in [0.5, 0.6) is 0 Å². The monoisotopic (exact) mass is 467 g/mol. The largest absolute Gasteiger partial charge is 0.405 e. The zero-order valence-electron chi connectivity index (χ0n) is 16.9. The molecule has 1 aliphatic rings. The molecule has 2 aromatic heterocycles. The predicted molar refractivity (Wildman–Crippen MR) is 117 cm³/mol. The van der Waals surface area contributed by atoms with Crippen LogP contribution in [0.4, 0.5) is 13.2 Å². The molecule has 0 bridgehead atoms. The van der Waals surface area contributed by atoms with E-state index in [-0.39, 0.29) is 11.3 Å². The second kappa shape index (κ2) is 8.31. The van der Waals surface area contributed by atoms with Gasteiger partial charge in [0.2, 0.25) is 5.91 Å². The molecule has 1 aliphatic carbocycles. The summed E-state index contributed by atoms with van der Waals surface area (Å²) in [6.45, 7) is 2.45. The normalized spacial score (nSPS) is 13.6. The lowest BCUT2D eigenvalue weighted by Crippen LogP contribution is -2.35. The van der Waals surface area contributed by atoms with Crippen molar-refractivity contribution in [3.63, 3.8) is 0 Å². The van der Waals surface area contributed by atoms with Gasteiger partial charge < -0.3 is 5.32 Å². The molecule has 2 heterocycles. The van der Waals surface area contributed by atoms with E-state index in [4.69, 9.17) is 0 Å². The number of thiophene rings is 1. The molecular formula is C21H20F3N3O2S2. The summed E-state index contributed by atoms with van der Waals surface area (Å²) >= 11 is 2.45. The first kappa shape index (κ1) is 21.9. The maximum absolute atomic E-state index is 13.6. The quantitative estimate of drug-likeness (QED) is 0.448. The van der Waals surface area contributed by atoms with Crippen LogP contribution in [-0.2, 0) is 17.6 Å². The van der Waals surface area contributed by atoms with Gasteiger partial charge in [-0.15, -0.1) is 11.3 Å². The summed E-state index contributed by atoms with van der Waals surface area (Å²) in [6, 6.07) is 5.68. The number of aryl methyl sites for hydroxylation is 4. The number of carbonyl (C=O) groups is 1. The SMILES string of the molecule is Cc1ccc(-n2c(SCC(=O)NCC(F)(F)F)nc3sc4c(c3c2=O)CCC4)c(C)c1. The Morgan fingerprint density at radius 1 is 1.29 bits per heavy atom. The van der Waals surface area contributed by atoms with Gasteiger partial charge in [-0.05, 0) is 50.3 Å². The van der Waals surface area contributed by atoms with Crippen molar-refractivity contribution in [1.82, 2.24) is 14.9 Å². The van der Waals surface area contributed by atoms with Crippen LogP contribution >= 0.6 is 23.1 Å². The second-order valence-corrected chi connectivity index (χ2v) is 9.57. The van der Waals surface area contributed by atoms with Crippen molar-refractivity contribution >= 4 is 39.2 Å². The zero-order valence-corrected chi connectivity index (χ0v) is 18.6. The number of amides is 1. The van der Waals surface area contributed by atoms with Crippen LogP contribution < -0.4 is 10.9 Å². The number of nitrogens with one attached hydrogen (secondary N) is 1. The Morgan fingerprint density at radius 2 is 2.06 bits per heavy atom. The Morgan fingerprint density at radius 3 is 2.77 bits per heavy atom. The predicted octanol–water partition coefficient (Wildman–Crippen LogP) is 4.32. The summed E-state index contributed by atoms with van der Waals surface area (Å²) in [5.74, 6) is -1.04. The third-order valence-corrected chi connectivity index (χ3v) is 7.24. The van der Waals surface area contributed by atoms with Crippen molar-refractivity contribution in [3.8, 4) is 5.69 Å². The maximum atomic E-state index is 13.6. The molecule has 0 saturated heterocycles. The van der Waals surface area contributed by atoms with Crippen molar-refractivity contribution < 1.29 is 18.0 Å². The molecule has 1 N–H and O–H groups in total. The molecule has 31 heavy (non-hydrogen) atoms. The molecule has 4 rings (SSSR count). The van der Waals surface area contributed by atoms with E-state index in [0.29, 0.717) is 21.1 Å². The van der Waals surface area contributed by atoms with Gasteiger partial charge in [-0.2, -0.15) is 13.2 Å². The number of benzene rings is 1. The summed E-state index contributed by atoms with van der Waals surface area (Å²) in [4.78, 5) is 32.0. The Balaban J connectivity index is 1.76. The Kier molecular flexibility index (Phi) is 5.87. The van der Waals surface area contributed by atoms with E-state index in [1.165, 1.54) is 15.9 Å². The van der Waals surface area contributed by atoms with E-state index in [1.54, 1.807) is 0 Å². The van der Waals surface area contributed by atoms with Crippen molar-refractivity contribution in [2.24, 2.45) is 0 Å². The van der Waals surface area contributed by atoms with Crippen LogP contribution in [0, 0.1) is 13.8 Å². The number of alkyl halides is 3. The summed E-state index contributed by atoms with van der Waals surface area (Å²) in [5, 5.41) is 2.77. The van der Waals surface area contributed by atoms with E-state index >= 15 is 0 Å². The fourth-order valence-electron chi connectivity index (χ4n) is 3.77. The van der Waals surface area contributed by atoms with Gasteiger partial charge in [0.05, 0.1) is 16.8 Å². The van der Waals surface area contributed by atoms with E-state index in [1.807, 2.05) is 37.4 Å². The highest BCUT2D eigenvalue weighted by Gasteiger charge is 2.28. The number of rotatable bonds is 5. The fourth-order valence-corrected chi connectivity index (χ4v) is 5.91. The van der Waals surface area contributed by atoms with Crippen molar-refractivity contribution in [2.75, 3.05) is 12.3 Å². The third-order valence-electron chi connectivity index (χ3n) is 5.12. The van der Waals surface area contributed by atoms with E-state index in [2.05, 4.69) is 4.98 Å². The van der Waals surface area contributed by atoms with Gasteiger partial charge in [-0.25, -0.2) is 4.98 Å². The van der Waals surface area contributed by atoms with Gasteiger partial charge in [0.25, 0.3) is 5.56 Å². The highest BCUT2D eigenvalue weighted by atomic mass is 32.2. The minimum absolute atomic E-state index is 0.199. The number of thioether (sulfide) groups is 1. The first-order valence-electron chi connectivity index (χ1n) is 9.75. The molecule has 1 aromatic carbocycles. The van der Waals surface area contributed by atoms with Crippen LogP contribution in [0.1, 0.15) is 28.0 Å². The molecule has 0 spiro atoms. The fraction of sp³-hybridized carbons (Fsp3) is 0.381. The number of carbonyl (C=O) groups excluding carboxylic acids is 1. The number of fused-ring (bicyclic) bond motifs is 3. The van der Waals surface area contributed by atoms with Crippen LogP contribution in [0.25, 0.3) is 15.9 Å². The van der Waals surface area contributed by atoms with Crippen LogP contribution in [0.2, 0.25) is 0 Å². The minimum atomic E-state index is -4.48. The van der Waals surface area contributed by atoms with Crippen LogP contribution in [0.15, 0.2) is 28.2 Å². The van der Waals surface area contributed by atoms with Gasteiger partial charge in [-0.1, -0.05) is 29.5 Å². The Hall–Kier alpha value is -2.33. The minimum Gasteiger partial charge on any atom is -0.346 e. The summed E-state index contributed by atoms with van der Waals surface area (Å²) in [7, 11) is 0. The second-order valence-electron chi connectivity index (χ2n) is 7.54. The molecule has 3 aromatic rings. The molecule has 5 nitrogen and oxygen atoms in total. The molecule has 10 heteroatoms. The lowest BCUT2D eigenvalue weighted by Gasteiger charge is -2.15. The molecular weight excluding hydrogens is 447 g/mol. The van der Waals surface area contributed by atoms with E-state index < -0.39 is 18.6 Å². The van der Waals surface area contributed by atoms with Crippen molar-refractivity contribution in [1.29, 1.82) is 0 Å². The van der Waals surface area contributed by atoms with Gasteiger partial charge in [-0.3, -0.25) is 14.2 Å². The number of hydrogen-bond donors (Lipinski definition) is 1. The number of hydrogen-bond acceptors (Lipinski definition) is 5. The molecule has 0 atom stereocenters. The smallest absolute Gasteiger partial charge is 0.346 e. The van der Waals surface area contributed by atoms with Crippen molar-refractivity contribution in [3.05, 3.63) is 50.1 Å². The van der Waals surface area contributed by atoms with Crippen LogP contribution in [-0.4, -0.2) is 33.9 Å². The highest BCUT2D eigenvalue weighted by molar-refractivity contribution is 7.99. The lowest BCUT2D eigenvalue weighted by molar-refractivity contribution is -0.136. The number of halogens is 3. The van der Waals surface area contributed by atoms with Gasteiger partial charge in [0, 0.05) is 4.88 Å². The highest BCUT2D eigenvalue weighted by Crippen LogP contribution is 2.36. The zero-order chi connectivity index (χ0) is 22.3. The van der Waals surface area contributed by atoms with Crippen LogP contribution in [0.3, 0.4) is 0 Å². The standard InChI is InChI=1S/C21H20F3N3O2S2/c1-11-6-7-14(12(2)8-11)27-19(29)17-13-4-3-5-15(13)31-18(17)26-20(27)30-9-16(28)25-10-21(22,23)24/h6-8H,3-5,9-10H2,1-2H3,(H,25,28). The molecule has 0 fully saturated rings. The van der Waals surface area contributed by atoms with Gasteiger partial charge in [0.15, 0.2) is 5.16 Å². The average Bonchev–Trinajstić information content (AvgIpc) is 3.26. The molecule has 0 radical (unpaired) electrons. The Bertz CT molecular complexity index is 1230. The maximum Gasteiger partial charge on any atom is 0.405 e. The topological polar surface area (TPSA) is 64.0 Å². The Labute approximate surface area is 184 Å². The summed E-state index contributed by atoms with van der Waals surface area (Å²) < 4.78 is 38.6. The molecule has 1 amide bonds. The first-order valence-corrected chi connectivity index (χ1v) is 11.6. The molecule has 0 saturated carbocycles. The molecule has 0 unspecified atom stereocenters. The average molecular weight is 468 g/mol. The first-order chi connectivity index (χ1) is 14.6.